The number of nitrogens with one attached hydrogen (secondary N) is 1. The van der Waals surface area contributed by atoms with Crippen LogP contribution in [0.1, 0.15) is 93.1 Å². The minimum Gasteiger partial charge on any atom is -0.504 e. The van der Waals surface area contributed by atoms with Gasteiger partial charge in [-0.25, -0.2) is 0 Å². The van der Waals surface area contributed by atoms with Crippen LogP contribution >= 0.6 is 0 Å². The van der Waals surface area contributed by atoms with Gasteiger partial charge in [-0.15, -0.1) is 0 Å². The van der Waals surface area contributed by atoms with E-state index in [1.165, 1.54) is 11.1 Å². The molecule has 9 heteroatoms. The van der Waals surface area contributed by atoms with Crippen LogP contribution in [-0.4, -0.2) is 42.9 Å². The number of benzene rings is 2. The van der Waals surface area contributed by atoms with Crippen molar-refractivity contribution >= 4 is 16.7 Å². The van der Waals surface area contributed by atoms with E-state index < -0.39 is 18.4 Å². The fourth-order valence-corrected chi connectivity index (χ4v) is 6.74. The molecule has 1 fully saturated rings. The number of aromatic hydroxyl groups is 1. The number of H-pyrrole nitrogens is 1. The number of aliphatic hydroxyl groups is 2. The zero-order valence-corrected chi connectivity index (χ0v) is 25.5. The summed E-state index contributed by atoms with van der Waals surface area (Å²) in [5.41, 5.74) is 17.2. The Morgan fingerprint density at radius 3 is 2.64 bits per heavy atom. The molecule has 0 bridgehead atoms. The first-order valence-electron chi connectivity index (χ1n) is 15.8. The predicted octanol–water partition coefficient (Wildman–Crippen LogP) is 5.29. The number of fused-ring (bicyclic) bond motifs is 1. The summed E-state index contributed by atoms with van der Waals surface area (Å²) in [6.07, 6.45) is 11.1. The van der Waals surface area contributed by atoms with Crippen molar-refractivity contribution < 1.29 is 24.9 Å². The van der Waals surface area contributed by atoms with Crippen LogP contribution in [0.15, 0.2) is 61.1 Å². The highest BCUT2D eigenvalue weighted by Crippen LogP contribution is 2.49. The Morgan fingerprint density at radius 1 is 1.09 bits per heavy atom. The van der Waals surface area contributed by atoms with Crippen LogP contribution in [0.4, 0.5) is 0 Å². The Bertz CT molecular complexity index is 1550. The molecule has 2 unspecified atom stereocenters. The van der Waals surface area contributed by atoms with E-state index in [-0.39, 0.29) is 42.9 Å². The van der Waals surface area contributed by atoms with E-state index in [9.17, 15) is 20.1 Å². The lowest BCUT2D eigenvalue weighted by Gasteiger charge is -2.30. The number of phenolic OH excluding ortho intramolecular Hbond substituents is 1. The van der Waals surface area contributed by atoms with Crippen LogP contribution in [-0.2, 0) is 23.4 Å². The topological polar surface area (TPSA) is 160 Å². The molecule has 2 aromatic heterocycles. The van der Waals surface area contributed by atoms with Crippen molar-refractivity contribution in [2.45, 2.75) is 102 Å². The quantitative estimate of drug-likeness (QED) is 0.101. The molecule has 8 N–H and O–H groups in total. The number of Topliss-reactive ketones (excluding diaryl/α,β-unsaturated/α-hetero) is 1. The van der Waals surface area contributed by atoms with Gasteiger partial charge < -0.3 is 41.1 Å². The van der Waals surface area contributed by atoms with Gasteiger partial charge in [-0.2, -0.15) is 0 Å². The van der Waals surface area contributed by atoms with E-state index in [0.717, 1.165) is 54.1 Å². The highest BCUT2D eigenvalue weighted by molar-refractivity contribution is 5.85. The lowest BCUT2D eigenvalue weighted by atomic mass is 9.73. The van der Waals surface area contributed by atoms with Gasteiger partial charge in [-0.3, -0.25) is 4.79 Å². The Kier molecular flexibility index (Phi) is 10.1. The van der Waals surface area contributed by atoms with Gasteiger partial charge in [0, 0.05) is 42.2 Å². The van der Waals surface area contributed by atoms with Gasteiger partial charge in [0.1, 0.15) is 5.78 Å². The summed E-state index contributed by atoms with van der Waals surface area (Å²) in [6.45, 7) is 2.17. The third kappa shape index (κ3) is 7.18. The zero-order chi connectivity index (χ0) is 31.3. The molecule has 4 aromatic rings. The smallest absolute Gasteiger partial charge is 0.165 e. The molecule has 1 aliphatic carbocycles. The first kappa shape index (κ1) is 31.8. The van der Waals surface area contributed by atoms with E-state index in [2.05, 4.69) is 29.5 Å². The lowest BCUT2D eigenvalue weighted by Crippen LogP contribution is -2.25. The number of hydrogen-bond donors (Lipinski definition) is 6. The highest BCUT2D eigenvalue weighted by atomic mass is 16.5. The summed E-state index contributed by atoms with van der Waals surface area (Å²) in [5.74, 6) is 0.312. The van der Waals surface area contributed by atoms with Gasteiger partial charge in [0.25, 0.3) is 0 Å². The van der Waals surface area contributed by atoms with Crippen molar-refractivity contribution in [3.05, 3.63) is 83.3 Å². The molecule has 44 heavy (non-hydrogen) atoms. The molecule has 2 atom stereocenters. The number of phenols is 1. The molecule has 5 rings (SSSR count). The Hall–Kier alpha value is -3.63. The number of ketones is 1. The monoisotopic (exact) mass is 602 g/mol. The van der Waals surface area contributed by atoms with E-state index >= 15 is 0 Å². The molecule has 0 saturated heterocycles. The minimum atomic E-state index is -0.839. The number of aliphatic hydroxyl groups excluding tert-OH is 2. The maximum Gasteiger partial charge on any atom is 0.165 e. The van der Waals surface area contributed by atoms with Crippen molar-refractivity contribution in [1.82, 2.24) is 9.55 Å². The van der Waals surface area contributed by atoms with Crippen molar-refractivity contribution in [1.29, 1.82) is 0 Å². The lowest BCUT2D eigenvalue weighted by molar-refractivity contribution is -0.121. The molecule has 236 valence electrons. The molecule has 2 heterocycles. The molecule has 9 nitrogen and oxygen atoms in total. The number of ether oxygens (including phenoxy) is 1. The van der Waals surface area contributed by atoms with Crippen molar-refractivity contribution in [3.8, 4) is 11.5 Å². The van der Waals surface area contributed by atoms with Crippen molar-refractivity contribution in [2.24, 2.45) is 11.5 Å². The normalized spacial score (nSPS) is 16.0. The number of carbonyl (C=O) groups is 1. The van der Waals surface area contributed by atoms with E-state index in [1.807, 2.05) is 29.8 Å². The first-order valence-corrected chi connectivity index (χ1v) is 15.8. The summed E-state index contributed by atoms with van der Waals surface area (Å²) >= 11 is 0. The molecule has 2 aromatic carbocycles. The molecule has 0 aliphatic heterocycles. The Morgan fingerprint density at radius 2 is 1.89 bits per heavy atom. The molecule has 0 amide bonds. The van der Waals surface area contributed by atoms with E-state index in [1.54, 1.807) is 18.2 Å². The summed E-state index contributed by atoms with van der Waals surface area (Å²) in [5, 5.41) is 31.6. The van der Waals surface area contributed by atoms with Crippen LogP contribution in [0.5, 0.6) is 11.5 Å². The summed E-state index contributed by atoms with van der Waals surface area (Å²) in [6, 6.07) is 13.5. The second-order valence-corrected chi connectivity index (χ2v) is 12.4. The van der Waals surface area contributed by atoms with Crippen molar-refractivity contribution in [2.75, 3.05) is 0 Å². The van der Waals surface area contributed by atoms with Crippen LogP contribution in [0, 0.1) is 0 Å². The predicted molar refractivity (Wildman–Crippen MR) is 171 cm³/mol. The van der Waals surface area contributed by atoms with Gasteiger partial charge in [-0.1, -0.05) is 56.5 Å². The maximum absolute atomic E-state index is 12.4. The molecule has 1 saturated carbocycles. The summed E-state index contributed by atoms with van der Waals surface area (Å²) in [7, 11) is 0. The number of aromatic amines is 1. The largest absolute Gasteiger partial charge is 0.504 e. The van der Waals surface area contributed by atoms with Crippen LogP contribution in [0.25, 0.3) is 10.9 Å². The number of aromatic nitrogens is 2. The van der Waals surface area contributed by atoms with E-state index in [4.69, 9.17) is 16.2 Å². The van der Waals surface area contributed by atoms with Crippen LogP contribution in [0.2, 0.25) is 0 Å². The molecule has 1 aliphatic rings. The SMILES string of the molecule is CCCC(O)CC(O)CC(=O)CCc1ccc(O)c(OCn2cc3[nH]cc(C4(c5cccc(C(N)N)c5)CCCC4)c3c2)c1. The molecular weight excluding hydrogens is 556 g/mol. The average Bonchev–Trinajstić information content (AvgIpc) is 3.73. The second-order valence-electron chi connectivity index (χ2n) is 12.4. The fraction of sp³-hybridized carbons (Fsp3) is 0.457. The van der Waals surface area contributed by atoms with Gasteiger partial charge in [-0.05, 0) is 66.5 Å². The third-order valence-electron chi connectivity index (χ3n) is 9.05. The third-order valence-corrected chi connectivity index (χ3v) is 9.05. The standard InChI is InChI=1S/C35H46N4O5/c1-2-6-26(40)17-28(42)18-27(41)11-9-23-10-12-32(43)33(15-23)44-22-39-20-29-30(19-38-31(29)21-39)35(13-3-4-14-35)25-8-5-7-24(16-25)34(36)37/h5,7-8,10,12,15-16,19-21,26,28,34,38,40,42-43H,2-4,6,9,11,13-14,17-18,22,36-37H2,1H3. The van der Waals surface area contributed by atoms with Crippen LogP contribution < -0.4 is 16.2 Å². The number of rotatable bonds is 15. The van der Waals surface area contributed by atoms with Crippen LogP contribution in [0.3, 0.4) is 0 Å². The highest BCUT2D eigenvalue weighted by Gasteiger charge is 2.39. The maximum atomic E-state index is 12.4. The number of nitrogens with two attached hydrogens (primary N) is 2. The summed E-state index contributed by atoms with van der Waals surface area (Å²) in [4.78, 5) is 15.9. The average molecular weight is 603 g/mol. The van der Waals surface area contributed by atoms with Gasteiger partial charge in [0.05, 0.1) is 23.9 Å². The van der Waals surface area contributed by atoms with Crippen molar-refractivity contribution in [3.63, 3.8) is 0 Å². The Balaban J connectivity index is 1.25. The first-order chi connectivity index (χ1) is 21.2. The fourth-order valence-electron chi connectivity index (χ4n) is 6.74. The summed E-state index contributed by atoms with van der Waals surface area (Å²) < 4.78 is 8.00. The number of aryl methyl sites for hydroxylation is 1. The van der Waals surface area contributed by atoms with Gasteiger partial charge >= 0.3 is 0 Å². The second kappa shape index (κ2) is 14.0. The van der Waals surface area contributed by atoms with Gasteiger partial charge in [0.2, 0.25) is 0 Å². The molecular formula is C35H46N4O5. The number of nitrogens with zero attached hydrogens (tertiary/aromatic N) is 1. The van der Waals surface area contributed by atoms with Gasteiger partial charge in [0.15, 0.2) is 18.2 Å². The minimum absolute atomic E-state index is 0.0261. The molecule has 0 spiro atoms. The van der Waals surface area contributed by atoms with E-state index in [0.29, 0.717) is 18.6 Å². The molecule has 0 radical (unpaired) electrons. The Labute approximate surface area is 258 Å². The zero-order valence-electron chi connectivity index (χ0n) is 25.5. The number of carbonyl (C=O) groups excluding carboxylic acids is 1. The number of hydrogen-bond acceptors (Lipinski definition) is 7.